The van der Waals surface area contributed by atoms with Gasteiger partial charge in [-0.25, -0.2) is 9.97 Å². The monoisotopic (exact) mass is 327 g/mol. The van der Waals surface area contributed by atoms with E-state index < -0.39 is 0 Å². The van der Waals surface area contributed by atoms with Crippen molar-refractivity contribution in [2.75, 3.05) is 6.54 Å². The minimum absolute atomic E-state index is 0.0651. The quantitative estimate of drug-likeness (QED) is 0.937. The van der Waals surface area contributed by atoms with Gasteiger partial charge in [-0.2, -0.15) is 0 Å². The van der Waals surface area contributed by atoms with Crippen LogP contribution in [-0.4, -0.2) is 31.0 Å². The SMILES string of the molecule is Cn1cncc1CN1CCc2nc(C3CCCCC3)[nH]c(=O)c2C1. The summed E-state index contributed by atoms with van der Waals surface area (Å²) in [5.41, 5.74) is 3.10. The van der Waals surface area contributed by atoms with Crippen molar-refractivity contribution in [1.29, 1.82) is 0 Å². The van der Waals surface area contributed by atoms with E-state index in [1.165, 1.54) is 25.0 Å². The van der Waals surface area contributed by atoms with Gasteiger partial charge in [0.1, 0.15) is 5.82 Å². The third kappa shape index (κ3) is 3.02. The summed E-state index contributed by atoms with van der Waals surface area (Å²) in [6, 6.07) is 0. The lowest BCUT2D eigenvalue weighted by molar-refractivity contribution is 0.236. The third-order valence-corrected chi connectivity index (χ3v) is 5.46. The molecule has 24 heavy (non-hydrogen) atoms. The standard InChI is InChI=1S/C18H25N5O/c1-22-12-19-9-14(22)10-23-8-7-16-15(11-23)18(24)21-17(20-16)13-5-3-2-4-6-13/h9,12-13H,2-8,10-11H2,1H3,(H,20,21,24). The van der Waals surface area contributed by atoms with Crippen molar-refractivity contribution < 1.29 is 0 Å². The average Bonchev–Trinajstić information content (AvgIpc) is 3.01. The first-order valence-corrected chi connectivity index (χ1v) is 9.00. The van der Waals surface area contributed by atoms with Crippen LogP contribution in [0.15, 0.2) is 17.3 Å². The molecule has 0 radical (unpaired) electrons. The Labute approximate surface area is 141 Å². The maximum Gasteiger partial charge on any atom is 0.255 e. The number of fused-ring (bicyclic) bond motifs is 1. The van der Waals surface area contributed by atoms with Gasteiger partial charge < -0.3 is 9.55 Å². The first-order chi connectivity index (χ1) is 11.7. The Balaban J connectivity index is 1.53. The van der Waals surface area contributed by atoms with Crippen molar-refractivity contribution in [2.45, 2.75) is 57.5 Å². The van der Waals surface area contributed by atoms with Gasteiger partial charge in [-0.15, -0.1) is 0 Å². The summed E-state index contributed by atoms with van der Waals surface area (Å²) in [6.45, 7) is 2.44. The Morgan fingerprint density at radius 3 is 2.88 bits per heavy atom. The van der Waals surface area contributed by atoms with Gasteiger partial charge >= 0.3 is 0 Å². The zero-order valence-corrected chi connectivity index (χ0v) is 14.3. The van der Waals surface area contributed by atoms with E-state index in [0.717, 1.165) is 49.4 Å². The zero-order chi connectivity index (χ0) is 16.5. The minimum Gasteiger partial charge on any atom is -0.337 e. The second kappa shape index (κ2) is 6.51. The Morgan fingerprint density at radius 2 is 2.12 bits per heavy atom. The van der Waals surface area contributed by atoms with E-state index in [9.17, 15) is 4.79 Å². The highest BCUT2D eigenvalue weighted by Gasteiger charge is 2.24. The van der Waals surface area contributed by atoms with E-state index in [4.69, 9.17) is 4.98 Å². The Morgan fingerprint density at radius 1 is 1.29 bits per heavy atom. The molecule has 1 aliphatic heterocycles. The molecule has 128 valence electrons. The molecule has 6 heteroatoms. The van der Waals surface area contributed by atoms with Crippen molar-refractivity contribution in [3.63, 3.8) is 0 Å². The number of hydrogen-bond donors (Lipinski definition) is 1. The number of rotatable bonds is 3. The normalized spacial score (nSPS) is 19.4. The molecule has 2 aliphatic rings. The smallest absolute Gasteiger partial charge is 0.255 e. The van der Waals surface area contributed by atoms with Crippen molar-refractivity contribution >= 4 is 0 Å². The number of nitrogens with one attached hydrogen (secondary N) is 1. The van der Waals surface area contributed by atoms with Gasteiger partial charge in [0.25, 0.3) is 5.56 Å². The van der Waals surface area contributed by atoms with E-state index in [-0.39, 0.29) is 5.56 Å². The van der Waals surface area contributed by atoms with Crippen LogP contribution in [0.2, 0.25) is 0 Å². The fourth-order valence-electron chi connectivity index (χ4n) is 3.97. The van der Waals surface area contributed by atoms with Crippen LogP contribution in [-0.2, 0) is 26.6 Å². The summed E-state index contributed by atoms with van der Waals surface area (Å²) in [5, 5.41) is 0. The Kier molecular flexibility index (Phi) is 4.22. The summed E-state index contributed by atoms with van der Waals surface area (Å²) in [7, 11) is 2.00. The lowest BCUT2D eigenvalue weighted by atomic mass is 9.88. The van der Waals surface area contributed by atoms with Crippen LogP contribution in [0.5, 0.6) is 0 Å². The summed E-state index contributed by atoms with van der Waals surface area (Å²) < 4.78 is 2.03. The van der Waals surface area contributed by atoms with Crippen LogP contribution in [0, 0.1) is 0 Å². The molecule has 1 aliphatic carbocycles. The van der Waals surface area contributed by atoms with E-state index in [0.29, 0.717) is 12.5 Å². The molecule has 2 aromatic rings. The largest absolute Gasteiger partial charge is 0.337 e. The number of hydrogen-bond acceptors (Lipinski definition) is 4. The molecule has 1 saturated carbocycles. The zero-order valence-electron chi connectivity index (χ0n) is 14.3. The van der Waals surface area contributed by atoms with Gasteiger partial charge in [-0.05, 0) is 12.8 Å². The summed E-state index contributed by atoms with van der Waals surface area (Å²) in [6.07, 6.45) is 10.7. The van der Waals surface area contributed by atoms with Crippen LogP contribution >= 0.6 is 0 Å². The molecule has 0 aromatic carbocycles. The molecule has 0 spiro atoms. The molecular weight excluding hydrogens is 302 g/mol. The molecule has 0 bridgehead atoms. The van der Waals surface area contributed by atoms with Crippen molar-refractivity contribution in [3.05, 3.63) is 45.7 Å². The van der Waals surface area contributed by atoms with Crippen LogP contribution < -0.4 is 5.56 Å². The van der Waals surface area contributed by atoms with Crippen LogP contribution in [0.4, 0.5) is 0 Å². The summed E-state index contributed by atoms with van der Waals surface area (Å²) in [5.74, 6) is 1.38. The highest BCUT2D eigenvalue weighted by Crippen LogP contribution is 2.30. The van der Waals surface area contributed by atoms with Gasteiger partial charge in [0.2, 0.25) is 0 Å². The number of H-pyrrole nitrogens is 1. The Bertz CT molecular complexity index is 772. The van der Waals surface area contributed by atoms with Crippen molar-refractivity contribution in [1.82, 2.24) is 24.4 Å². The second-order valence-corrected chi connectivity index (χ2v) is 7.17. The lowest BCUT2D eigenvalue weighted by Crippen LogP contribution is -2.36. The molecule has 0 saturated heterocycles. The molecule has 1 N–H and O–H groups in total. The highest BCUT2D eigenvalue weighted by molar-refractivity contribution is 5.22. The first-order valence-electron chi connectivity index (χ1n) is 9.00. The van der Waals surface area contributed by atoms with Gasteiger partial charge in [0.15, 0.2) is 0 Å². The van der Waals surface area contributed by atoms with Gasteiger partial charge in [0, 0.05) is 45.2 Å². The predicted molar refractivity (Wildman–Crippen MR) is 91.7 cm³/mol. The Hall–Kier alpha value is -1.95. The molecule has 2 aromatic heterocycles. The topological polar surface area (TPSA) is 66.8 Å². The fourth-order valence-corrected chi connectivity index (χ4v) is 3.97. The molecule has 0 unspecified atom stereocenters. The molecule has 6 nitrogen and oxygen atoms in total. The molecule has 0 atom stereocenters. The minimum atomic E-state index is 0.0651. The van der Waals surface area contributed by atoms with Gasteiger partial charge in [-0.1, -0.05) is 19.3 Å². The van der Waals surface area contributed by atoms with E-state index in [2.05, 4.69) is 14.9 Å². The second-order valence-electron chi connectivity index (χ2n) is 7.17. The third-order valence-electron chi connectivity index (χ3n) is 5.46. The molecule has 0 amide bonds. The van der Waals surface area contributed by atoms with Crippen LogP contribution in [0.3, 0.4) is 0 Å². The lowest BCUT2D eigenvalue weighted by Gasteiger charge is -2.28. The number of imidazole rings is 1. The van der Waals surface area contributed by atoms with E-state index in [1.807, 2.05) is 24.1 Å². The van der Waals surface area contributed by atoms with Crippen molar-refractivity contribution in [2.24, 2.45) is 7.05 Å². The van der Waals surface area contributed by atoms with Crippen LogP contribution in [0.25, 0.3) is 0 Å². The van der Waals surface area contributed by atoms with Gasteiger partial charge in [-0.3, -0.25) is 9.69 Å². The van der Waals surface area contributed by atoms with E-state index >= 15 is 0 Å². The number of aromatic amines is 1. The molecular formula is C18H25N5O. The predicted octanol–water partition coefficient (Wildman–Crippen LogP) is 2.11. The van der Waals surface area contributed by atoms with Crippen LogP contribution in [0.1, 0.15) is 60.8 Å². The molecule has 4 rings (SSSR count). The highest BCUT2D eigenvalue weighted by atomic mass is 16.1. The first kappa shape index (κ1) is 15.6. The van der Waals surface area contributed by atoms with Crippen molar-refractivity contribution in [3.8, 4) is 0 Å². The maximum absolute atomic E-state index is 12.6. The average molecular weight is 327 g/mol. The van der Waals surface area contributed by atoms with E-state index in [1.54, 1.807) is 0 Å². The number of nitrogens with zero attached hydrogens (tertiary/aromatic N) is 4. The number of aromatic nitrogens is 4. The van der Waals surface area contributed by atoms with Gasteiger partial charge in [0.05, 0.1) is 23.3 Å². The molecule has 3 heterocycles. The molecule has 1 fully saturated rings. The fraction of sp³-hybridized carbons (Fsp3) is 0.611. The summed E-state index contributed by atoms with van der Waals surface area (Å²) >= 11 is 0. The summed E-state index contributed by atoms with van der Waals surface area (Å²) in [4.78, 5) is 27.0. The number of aryl methyl sites for hydroxylation is 1. The maximum atomic E-state index is 12.6.